The van der Waals surface area contributed by atoms with Crippen molar-refractivity contribution >= 4 is 0 Å². The summed E-state index contributed by atoms with van der Waals surface area (Å²) in [7, 11) is 0. The van der Waals surface area contributed by atoms with Gasteiger partial charge in [0.1, 0.15) is 18.5 Å². The van der Waals surface area contributed by atoms with Crippen molar-refractivity contribution < 1.29 is 9.47 Å². The highest BCUT2D eigenvalue weighted by Crippen LogP contribution is 2.27. The van der Waals surface area contributed by atoms with Gasteiger partial charge >= 0.3 is 0 Å². The molecule has 0 spiro atoms. The second kappa shape index (κ2) is 6.14. The van der Waals surface area contributed by atoms with Gasteiger partial charge in [0.15, 0.2) is 0 Å². The largest absolute Gasteiger partial charge is 0.491 e. The second-order valence-corrected chi connectivity index (χ2v) is 5.27. The lowest BCUT2D eigenvalue weighted by Gasteiger charge is -2.09. The quantitative estimate of drug-likeness (QED) is 0.678. The van der Waals surface area contributed by atoms with Crippen molar-refractivity contribution in [2.45, 2.75) is 6.10 Å². The van der Waals surface area contributed by atoms with Crippen LogP contribution in [-0.2, 0) is 4.74 Å². The summed E-state index contributed by atoms with van der Waals surface area (Å²) in [6.07, 6.45) is 3.71. The molecule has 0 radical (unpaired) electrons. The first kappa shape index (κ1) is 13.8. The molecule has 0 aromatic carbocycles. The molecule has 23 heavy (non-hydrogen) atoms. The van der Waals surface area contributed by atoms with Crippen LogP contribution in [0.5, 0.6) is 5.75 Å². The van der Waals surface area contributed by atoms with Crippen LogP contribution >= 0.6 is 0 Å². The maximum absolute atomic E-state index is 5.83. The van der Waals surface area contributed by atoms with Crippen LogP contribution in [0.15, 0.2) is 60.9 Å². The van der Waals surface area contributed by atoms with Crippen LogP contribution in [0.1, 0.15) is 0 Å². The van der Waals surface area contributed by atoms with Gasteiger partial charge in [0, 0.05) is 24.5 Å². The van der Waals surface area contributed by atoms with E-state index in [4.69, 9.17) is 9.47 Å². The highest BCUT2D eigenvalue weighted by Gasteiger charge is 2.23. The van der Waals surface area contributed by atoms with E-state index in [9.17, 15) is 0 Å². The fourth-order valence-electron chi connectivity index (χ4n) is 2.23. The van der Waals surface area contributed by atoms with Crippen LogP contribution in [0.2, 0.25) is 0 Å². The fraction of sp³-hybridized carbons (Fsp3) is 0.167. The van der Waals surface area contributed by atoms with Crippen LogP contribution in [0.25, 0.3) is 22.8 Å². The highest BCUT2D eigenvalue weighted by atomic mass is 16.6. The van der Waals surface area contributed by atoms with Crippen LogP contribution in [0, 0.1) is 0 Å². The third-order valence-corrected chi connectivity index (χ3v) is 3.49. The summed E-state index contributed by atoms with van der Waals surface area (Å²) >= 11 is 0. The number of pyridine rings is 3. The first-order valence-corrected chi connectivity index (χ1v) is 7.48. The number of rotatable bonds is 5. The molecule has 4 rings (SSSR count). The number of epoxide rings is 1. The lowest BCUT2D eigenvalue weighted by molar-refractivity contribution is 0.263. The highest BCUT2D eigenvalue weighted by molar-refractivity contribution is 5.64. The molecule has 1 atom stereocenters. The van der Waals surface area contributed by atoms with Crippen molar-refractivity contribution in [1.82, 2.24) is 15.0 Å². The third-order valence-electron chi connectivity index (χ3n) is 3.49. The van der Waals surface area contributed by atoms with Gasteiger partial charge in [-0.3, -0.25) is 9.97 Å². The van der Waals surface area contributed by atoms with E-state index in [-0.39, 0.29) is 6.10 Å². The Hall–Kier alpha value is -2.79. The molecule has 0 amide bonds. The predicted molar refractivity (Wildman–Crippen MR) is 85.9 cm³/mol. The van der Waals surface area contributed by atoms with Gasteiger partial charge in [-0.1, -0.05) is 12.1 Å². The average molecular weight is 305 g/mol. The summed E-state index contributed by atoms with van der Waals surface area (Å²) in [5, 5.41) is 0. The molecule has 0 aliphatic carbocycles. The molecule has 5 heteroatoms. The minimum atomic E-state index is 0.208. The standard InChI is InChI=1S/C18H15N3O2/c1-3-7-19-15(5-1)17-9-13(22-11-14-12-23-14)10-18(21-17)16-6-2-4-8-20-16/h1-10,14H,11-12H2. The molecule has 0 bridgehead atoms. The van der Waals surface area contributed by atoms with Crippen LogP contribution in [0.4, 0.5) is 0 Å². The summed E-state index contributed by atoms with van der Waals surface area (Å²) in [4.78, 5) is 13.4. The molecule has 4 heterocycles. The molecule has 5 nitrogen and oxygen atoms in total. The maximum atomic E-state index is 5.83. The third kappa shape index (κ3) is 3.35. The van der Waals surface area contributed by atoms with Crippen molar-refractivity contribution in [3.05, 3.63) is 60.9 Å². The molecular formula is C18H15N3O2. The zero-order chi connectivity index (χ0) is 15.5. The lowest BCUT2D eigenvalue weighted by Crippen LogP contribution is -2.05. The molecule has 1 fully saturated rings. The molecule has 1 aliphatic heterocycles. The molecule has 3 aromatic heterocycles. The van der Waals surface area contributed by atoms with Gasteiger partial charge in [-0.25, -0.2) is 4.98 Å². The topological polar surface area (TPSA) is 60.4 Å². The minimum absolute atomic E-state index is 0.208. The van der Waals surface area contributed by atoms with E-state index in [1.807, 2.05) is 48.5 Å². The van der Waals surface area contributed by atoms with E-state index in [0.717, 1.165) is 35.1 Å². The summed E-state index contributed by atoms with van der Waals surface area (Å²) in [6.45, 7) is 1.32. The molecule has 1 saturated heterocycles. The summed E-state index contributed by atoms with van der Waals surface area (Å²) in [5.74, 6) is 0.747. The Morgan fingerprint density at radius 2 is 1.52 bits per heavy atom. The number of ether oxygens (including phenoxy) is 2. The number of nitrogens with zero attached hydrogens (tertiary/aromatic N) is 3. The molecular weight excluding hydrogens is 290 g/mol. The SMILES string of the molecule is c1ccc(-c2cc(OCC3CO3)cc(-c3ccccn3)n2)nc1. The monoisotopic (exact) mass is 305 g/mol. The summed E-state index contributed by atoms with van der Waals surface area (Å²) in [5.41, 5.74) is 3.14. The van der Waals surface area contributed by atoms with Gasteiger partial charge in [0.2, 0.25) is 0 Å². The van der Waals surface area contributed by atoms with Gasteiger partial charge in [-0.05, 0) is 24.3 Å². The van der Waals surface area contributed by atoms with Crippen molar-refractivity contribution in [2.75, 3.05) is 13.2 Å². The van der Waals surface area contributed by atoms with Crippen LogP contribution in [0.3, 0.4) is 0 Å². The van der Waals surface area contributed by atoms with Crippen molar-refractivity contribution in [1.29, 1.82) is 0 Å². The van der Waals surface area contributed by atoms with Gasteiger partial charge < -0.3 is 9.47 Å². The van der Waals surface area contributed by atoms with E-state index in [2.05, 4.69) is 15.0 Å². The van der Waals surface area contributed by atoms with Crippen molar-refractivity contribution in [3.8, 4) is 28.5 Å². The summed E-state index contributed by atoms with van der Waals surface area (Å²) < 4.78 is 11.0. The van der Waals surface area contributed by atoms with Gasteiger partial charge in [0.25, 0.3) is 0 Å². The number of aromatic nitrogens is 3. The van der Waals surface area contributed by atoms with Crippen molar-refractivity contribution in [3.63, 3.8) is 0 Å². The van der Waals surface area contributed by atoms with E-state index >= 15 is 0 Å². The first-order valence-electron chi connectivity index (χ1n) is 7.48. The van der Waals surface area contributed by atoms with E-state index < -0.39 is 0 Å². The second-order valence-electron chi connectivity index (χ2n) is 5.27. The molecule has 114 valence electrons. The van der Waals surface area contributed by atoms with Gasteiger partial charge in [0.05, 0.1) is 29.4 Å². The van der Waals surface area contributed by atoms with E-state index in [1.54, 1.807) is 12.4 Å². The fourth-order valence-corrected chi connectivity index (χ4v) is 2.23. The van der Waals surface area contributed by atoms with E-state index in [0.29, 0.717) is 6.61 Å². The number of hydrogen-bond acceptors (Lipinski definition) is 5. The maximum Gasteiger partial charge on any atom is 0.123 e. The Bertz CT molecular complexity index is 732. The Morgan fingerprint density at radius 3 is 2.00 bits per heavy atom. The van der Waals surface area contributed by atoms with Crippen LogP contribution < -0.4 is 4.74 Å². The predicted octanol–water partition coefficient (Wildman–Crippen LogP) is 2.98. The molecule has 1 unspecified atom stereocenters. The minimum Gasteiger partial charge on any atom is -0.491 e. The number of hydrogen-bond donors (Lipinski definition) is 0. The Labute approximate surface area is 134 Å². The van der Waals surface area contributed by atoms with Crippen molar-refractivity contribution in [2.24, 2.45) is 0 Å². The molecule has 0 saturated carbocycles. The first-order chi connectivity index (χ1) is 11.4. The smallest absolute Gasteiger partial charge is 0.123 e. The molecule has 3 aromatic rings. The van der Waals surface area contributed by atoms with Crippen LogP contribution in [-0.4, -0.2) is 34.3 Å². The normalized spacial score (nSPS) is 16.1. The van der Waals surface area contributed by atoms with Gasteiger partial charge in [-0.2, -0.15) is 0 Å². The Kier molecular flexibility index (Phi) is 3.70. The molecule has 0 N–H and O–H groups in total. The average Bonchev–Trinajstić information content (AvgIpc) is 3.46. The van der Waals surface area contributed by atoms with Gasteiger partial charge in [-0.15, -0.1) is 0 Å². The Morgan fingerprint density at radius 1 is 0.913 bits per heavy atom. The lowest BCUT2D eigenvalue weighted by atomic mass is 10.2. The molecule has 1 aliphatic rings. The summed E-state index contributed by atoms with van der Waals surface area (Å²) in [6, 6.07) is 15.3. The zero-order valence-corrected chi connectivity index (χ0v) is 12.4. The zero-order valence-electron chi connectivity index (χ0n) is 12.4. The Balaban J connectivity index is 1.73. The van der Waals surface area contributed by atoms with E-state index in [1.165, 1.54) is 0 Å².